The molecule has 7 heteroatoms. The highest BCUT2D eigenvalue weighted by Crippen LogP contribution is 2.29. The molecule has 4 nitrogen and oxygen atoms in total. The van der Waals surface area contributed by atoms with E-state index in [0.717, 1.165) is 4.90 Å². The molecule has 0 aliphatic carbocycles. The summed E-state index contributed by atoms with van der Waals surface area (Å²) < 4.78 is 38.2. The molecular weight excluding hydrogens is 259 g/mol. The molecule has 1 aromatic rings. The molecule has 1 atom stereocenters. The molecule has 1 heterocycles. The molecule has 0 saturated heterocycles. The zero-order chi connectivity index (χ0) is 14.7. The third-order valence-corrected chi connectivity index (χ3v) is 2.78. The van der Waals surface area contributed by atoms with Crippen LogP contribution in [0.15, 0.2) is 24.4 Å². The third-order valence-electron chi connectivity index (χ3n) is 2.78. The van der Waals surface area contributed by atoms with E-state index in [9.17, 15) is 18.0 Å². The molecule has 1 unspecified atom stereocenters. The Balaban J connectivity index is 2.89. The molecular formula is C12H16F3N3O. The molecule has 106 valence electrons. The summed E-state index contributed by atoms with van der Waals surface area (Å²) in [4.78, 5) is 16.9. The van der Waals surface area contributed by atoms with E-state index < -0.39 is 17.6 Å². The van der Waals surface area contributed by atoms with Crippen molar-refractivity contribution in [3.63, 3.8) is 0 Å². The van der Waals surface area contributed by atoms with Crippen molar-refractivity contribution in [2.24, 2.45) is 5.73 Å². The Labute approximate surface area is 109 Å². The maximum Gasteiger partial charge on any atom is 0.415 e. The lowest BCUT2D eigenvalue weighted by atomic mass is 10.0. The van der Waals surface area contributed by atoms with Crippen molar-refractivity contribution in [3.05, 3.63) is 30.1 Å². The van der Waals surface area contributed by atoms with Crippen LogP contribution in [0.3, 0.4) is 0 Å². The van der Waals surface area contributed by atoms with Gasteiger partial charge in [0.1, 0.15) is 0 Å². The molecule has 1 amide bonds. The Morgan fingerprint density at radius 3 is 2.47 bits per heavy atom. The molecule has 1 aromatic heterocycles. The van der Waals surface area contributed by atoms with Gasteiger partial charge < -0.3 is 10.6 Å². The van der Waals surface area contributed by atoms with Crippen LogP contribution in [0.1, 0.15) is 19.5 Å². The predicted octanol–water partition coefficient (Wildman–Crippen LogP) is 1.71. The van der Waals surface area contributed by atoms with Crippen molar-refractivity contribution >= 4 is 5.91 Å². The average Bonchev–Trinajstić information content (AvgIpc) is 2.35. The van der Waals surface area contributed by atoms with E-state index in [0.29, 0.717) is 12.6 Å². The highest BCUT2D eigenvalue weighted by Gasteiger charge is 2.55. The smallest absolute Gasteiger partial charge is 0.335 e. The van der Waals surface area contributed by atoms with Gasteiger partial charge in [-0.25, -0.2) is 0 Å². The Kier molecular flexibility index (Phi) is 4.52. The monoisotopic (exact) mass is 275 g/mol. The third kappa shape index (κ3) is 3.44. The van der Waals surface area contributed by atoms with E-state index in [1.165, 1.54) is 6.20 Å². The lowest BCUT2D eigenvalue weighted by molar-refractivity contribution is -0.194. The zero-order valence-electron chi connectivity index (χ0n) is 10.7. The minimum Gasteiger partial charge on any atom is -0.335 e. The van der Waals surface area contributed by atoms with Gasteiger partial charge in [0.2, 0.25) is 0 Å². The van der Waals surface area contributed by atoms with Crippen molar-refractivity contribution in [1.29, 1.82) is 0 Å². The summed E-state index contributed by atoms with van der Waals surface area (Å²) in [7, 11) is 0. The van der Waals surface area contributed by atoms with E-state index in [-0.39, 0.29) is 13.1 Å². The normalized spacial score (nSPS) is 14.8. The van der Waals surface area contributed by atoms with Crippen LogP contribution in [0, 0.1) is 0 Å². The van der Waals surface area contributed by atoms with Gasteiger partial charge in [-0.2, -0.15) is 13.2 Å². The van der Waals surface area contributed by atoms with Crippen LogP contribution in [0.4, 0.5) is 13.2 Å². The number of aromatic nitrogens is 1. The second-order valence-corrected chi connectivity index (χ2v) is 4.34. The van der Waals surface area contributed by atoms with E-state index in [1.54, 1.807) is 25.1 Å². The molecule has 0 aliphatic heterocycles. The number of rotatable bonds is 4. The largest absolute Gasteiger partial charge is 0.415 e. The van der Waals surface area contributed by atoms with Gasteiger partial charge in [0.25, 0.3) is 5.91 Å². The number of carbonyl (C=O) groups is 1. The number of amides is 1. The second-order valence-electron chi connectivity index (χ2n) is 4.34. The number of alkyl halides is 3. The van der Waals surface area contributed by atoms with Crippen LogP contribution in [-0.2, 0) is 11.3 Å². The van der Waals surface area contributed by atoms with Crippen molar-refractivity contribution in [1.82, 2.24) is 9.88 Å². The molecule has 0 saturated carbocycles. The molecule has 0 fully saturated rings. The number of carbonyl (C=O) groups excluding carboxylic acids is 1. The summed E-state index contributed by atoms with van der Waals surface area (Å²) in [5.41, 5.74) is 2.75. The molecule has 1 rings (SSSR count). The second kappa shape index (κ2) is 5.56. The first-order valence-corrected chi connectivity index (χ1v) is 5.75. The molecule has 0 bridgehead atoms. The van der Waals surface area contributed by atoms with Crippen LogP contribution in [0.5, 0.6) is 0 Å². The van der Waals surface area contributed by atoms with Crippen LogP contribution in [0.25, 0.3) is 0 Å². The summed E-state index contributed by atoms with van der Waals surface area (Å²) in [6, 6.07) is 5.02. The fraction of sp³-hybridized carbons (Fsp3) is 0.500. The number of likely N-dealkylation sites (N-methyl/N-ethyl adjacent to an activating group) is 1. The molecule has 0 radical (unpaired) electrons. The van der Waals surface area contributed by atoms with Gasteiger partial charge in [-0.1, -0.05) is 6.07 Å². The van der Waals surface area contributed by atoms with Crippen molar-refractivity contribution in [2.75, 3.05) is 6.54 Å². The van der Waals surface area contributed by atoms with Gasteiger partial charge in [0, 0.05) is 12.7 Å². The van der Waals surface area contributed by atoms with E-state index in [4.69, 9.17) is 5.73 Å². The van der Waals surface area contributed by atoms with E-state index in [2.05, 4.69) is 4.98 Å². The molecule has 2 N–H and O–H groups in total. The maximum absolute atomic E-state index is 12.7. The number of hydrogen-bond acceptors (Lipinski definition) is 3. The number of nitrogens with two attached hydrogens (primary N) is 1. The van der Waals surface area contributed by atoms with Crippen molar-refractivity contribution in [2.45, 2.75) is 32.1 Å². The first-order valence-electron chi connectivity index (χ1n) is 5.75. The Morgan fingerprint density at radius 1 is 1.42 bits per heavy atom. The first kappa shape index (κ1) is 15.4. The fourth-order valence-corrected chi connectivity index (χ4v) is 1.46. The molecule has 0 aliphatic rings. The summed E-state index contributed by atoms with van der Waals surface area (Å²) in [5, 5.41) is 0. The standard InChI is InChI=1S/C12H16F3N3O/c1-3-18(8-9-6-4-5-7-17-9)10(19)11(2,16)12(13,14)15/h4-7H,3,8,16H2,1-2H3. The Morgan fingerprint density at radius 2 is 2.05 bits per heavy atom. The van der Waals surface area contributed by atoms with Gasteiger partial charge in [-0.15, -0.1) is 0 Å². The average molecular weight is 275 g/mol. The molecule has 0 aromatic carbocycles. The topological polar surface area (TPSA) is 59.2 Å². The van der Waals surface area contributed by atoms with Gasteiger partial charge in [-0.05, 0) is 26.0 Å². The lowest BCUT2D eigenvalue weighted by Gasteiger charge is -2.32. The minimum absolute atomic E-state index is 0.000949. The van der Waals surface area contributed by atoms with Crippen LogP contribution in [0.2, 0.25) is 0 Å². The van der Waals surface area contributed by atoms with Gasteiger partial charge >= 0.3 is 6.18 Å². The van der Waals surface area contributed by atoms with Crippen molar-refractivity contribution < 1.29 is 18.0 Å². The molecule has 0 spiro atoms. The van der Waals surface area contributed by atoms with Crippen LogP contribution >= 0.6 is 0 Å². The zero-order valence-corrected chi connectivity index (χ0v) is 10.7. The van der Waals surface area contributed by atoms with Gasteiger partial charge in [0.05, 0.1) is 12.2 Å². The lowest BCUT2D eigenvalue weighted by Crippen LogP contribution is -2.62. The Hall–Kier alpha value is -1.63. The summed E-state index contributed by atoms with van der Waals surface area (Å²) in [6.07, 6.45) is -3.28. The van der Waals surface area contributed by atoms with Crippen LogP contribution < -0.4 is 5.73 Å². The highest BCUT2D eigenvalue weighted by atomic mass is 19.4. The number of pyridine rings is 1. The van der Waals surface area contributed by atoms with Gasteiger partial charge in [-0.3, -0.25) is 9.78 Å². The SMILES string of the molecule is CCN(Cc1ccccn1)C(=O)C(C)(N)C(F)(F)F. The quantitative estimate of drug-likeness (QED) is 0.910. The Bertz CT molecular complexity index is 432. The van der Waals surface area contributed by atoms with E-state index >= 15 is 0 Å². The number of nitrogens with zero attached hydrogens (tertiary/aromatic N) is 2. The minimum atomic E-state index is -4.79. The predicted molar refractivity (Wildman–Crippen MR) is 64.0 cm³/mol. The maximum atomic E-state index is 12.7. The van der Waals surface area contributed by atoms with E-state index in [1.807, 2.05) is 0 Å². The first-order chi connectivity index (χ1) is 8.70. The van der Waals surface area contributed by atoms with Gasteiger partial charge in [0.15, 0.2) is 5.54 Å². The highest BCUT2D eigenvalue weighted by molar-refractivity contribution is 5.86. The van der Waals surface area contributed by atoms with Crippen LogP contribution in [-0.4, -0.2) is 34.1 Å². The summed E-state index contributed by atoms with van der Waals surface area (Å²) in [5.74, 6) is -1.16. The number of halogens is 3. The fourth-order valence-electron chi connectivity index (χ4n) is 1.46. The van der Waals surface area contributed by atoms with Crippen molar-refractivity contribution in [3.8, 4) is 0 Å². The summed E-state index contributed by atoms with van der Waals surface area (Å²) >= 11 is 0. The summed E-state index contributed by atoms with van der Waals surface area (Å²) in [6.45, 7) is 2.39. The molecule has 19 heavy (non-hydrogen) atoms. The number of hydrogen-bond donors (Lipinski definition) is 1.